The van der Waals surface area contributed by atoms with Crippen LogP contribution in [0.3, 0.4) is 0 Å². The van der Waals surface area contributed by atoms with Crippen molar-refractivity contribution >= 4 is 28.4 Å². The van der Waals surface area contributed by atoms with Gasteiger partial charge in [0.15, 0.2) is 5.69 Å². The number of pyridine rings is 1. The highest BCUT2D eigenvalue weighted by Gasteiger charge is 2.33. The Balaban J connectivity index is 1.87. The lowest BCUT2D eigenvalue weighted by Gasteiger charge is -2.44. The van der Waals surface area contributed by atoms with Gasteiger partial charge in [0, 0.05) is 31.7 Å². The summed E-state index contributed by atoms with van der Waals surface area (Å²) >= 11 is 0. The van der Waals surface area contributed by atoms with Crippen molar-refractivity contribution in [1.29, 1.82) is 0 Å². The van der Waals surface area contributed by atoms with Crippen molar-refractivity contribution in [3.05, 3.63) is 36.8 Å². The van der Waals surface area contributed by atoms with E-state index in [4.69, 9.17) is 5.73 Å². The molecule has 0 radical (unpaired) electrons. The molecule has 0 aromatic carbocycles. The Morgan fingerprint density at radius 2 is 2.27 bits per heavy atom. The summed E-state index contributed by atoms with van der Waals surface area (Å²) in [6.07, 6.45) is 4.72. The summed E-state index contributed by atoms with van der Waals surface area (Å²) in [5.41, 5.74) is 7.11. The number of aromatic nitrogens is 2. The molecule has 0 aliphatic carbocycles. The average molecular weight is 299 g/mol. The SMILES string of the molecule is C=CC(=O)N1CC(N(C)c2cnc(C(N)=O)c3[nH]ccc23)C1. The number of aromatic amines is 1. The van der Waals surface area contributed by atoms with Crippen LogP contribution in [0.2, 0.25) is 0 Å². The molecule has 2 amide bonds. The van der Waals surface area contributed by atoms with Crippen LogP contribution in [0.25, 0.3) is 10.9 Å². The molecule has 114 valence electrons. The van der Waals surface area contributed by atoms with E-state index in [-0.39, 0.29) is 17.6 Å². The maximum atomic E-state index is 11.5. The molecule has 0 bridgehead atoms. The summed E-state index contributed by atoms with van der Waals surface area (Å²) in [4.78, 5) is 33.9. The number of H-pyrrole nitrogens is 1. The van der Waals surface area contributed by atoms with Crippen LogP contribution in [0.1, 0.15) is 10.5 Å². The highest BCUT2D eigenvalue weighted by atomic mass is 16.2. The van der Waals surface area contributed by atoms with Gasteiger partial charge in [-0.2, -0.15) is 0 Å². The number of carbonyl (C=O) groups excluding carboxylic acids is 2. The predicted octanol–water partition coefficient (Wildman–Crippen LogP) is 0.495. The standard InChI is InChI=1S/C15H17N5O2/c1-3-12(21)20-7-9(8-20)19(2)11-6-18-14(15(16)22)13-10(11)4-5-17-13/h3-6,9,17H,1,7-8H2,2H3,(H2,16,22). The van der Waals surface area contributed by atoms with Crippen molar-refractivity contribution in [3.63, 3.8) is 0 Å². The van der Waals surface area contributed by atoms with Gasteiger partial charge in [0.25, 0.3) is 5.91 Å². The zero-order valence-corrected chi connectivity index (χ0v) is 12.2. The van der Waals surface area contributed by atoms with Crippen molar-refractivity contribution < 1.29 is 9.59 Å². The van der Waals surface area contributed by atoms with E-state index in [1.54, 1.807) is 17.3 Å². The number of amides is 2. The van der Waals surface area contributed by atoms with E-state index in [1.807, 2.05) is 13.1 Å². The average Bonchev–Trinajstić information content (AvgIpc) is 2.93. The van der Waals surface area contributed by atoms with Crippen molar-refractivity contribution in [3.8, 4) is 0 Å². The molecule has 3 heterocycles. The van der Waals surface area contributed by atoms with Crippen LogP contribution in [0.15, 0.2) is 31.1 Å². The van der Waals surface area contributed by atoms with Crippen LogP contribution >= 0.6 is 0 Å². The second-order valence-electron chi connectivity index (χ2n) is 5.33. The summed E-state index contributed by atoms with van der Waals surface area (Å²) in [5.74, 6) is -0.619. The van der Waals surface area contributed by atoms with E-state index in [1.165, 1.54) is 6.08 Å². The molecule has 1 fully saturated rings. The molecule has 7 nitrogen and oxygen atoms in total. The largest absolute Gasteiger partial charge is 0.366 e. The summed E-state index contributed by atoms with van der Waals surface area (Å²) in [7, 11) is 1.95. The molecule has 0 spiro atoms. The van der Waals surface area contributed by atoms with Crippen molar-refractivity contribution in [2.75, 3.05) is 25.0 Å². The van der Waals surface area contributed by atoms with E-state index in [2.05, 4.69) is 21.4 Å². The molecule has 1 saturated heterocycles. The number of hydrogen-bond acceptors (Lipinski definition) is 4. The molecule has 3 rings (SSSR count). The molecular formula is C15H17N5O2. The second kappa shape index (κ2) is 5.18. The first-order chi connectivity index (χ1) is 10.5. The van der Waals surface area contributed by atoms with Crippen LogP contribution in [-0.2, 0) is 4.79 Å². The number of fused-ring (bicyclic) bond motifs is 1. The number of nitrogens with one attached hydrogen (secondary N) is 1. The van der Waals surface area contributed by atoms with Gasteiger partial charge in [0.05, 0.1) is 23.4 Å². The summed E-state index contributed by atoms with van der Waals surface area (Å²) < 4.78 is 0. The normalized spacial score (nSPS) is 14.7. The third-order valence-electron chi connectivity index (χ3n) is 4.09. The number of likely N-dealkylation sites (tertiary alicyclic amines) is 1. The fourth-order valence-corrected chi connectivity index (χ4v) is 2.71. The van der Waals surface area contributed by atoms with Gasteiger partial charge in [0.2, 0.25) is 5.91 Å². The third-order valence-corrected chi connectivity index (χ3v) is 4.09. The second-order valence-corrected chi connectivity index (χ2v) is 5.33. The highest BCUT2D eigenvalue weighted by molar-refractivity contribution is 6.06. The maximum Gasteiger partial charge on any atom is 0.269 e. The molecule has 3 N–H and O–H groups in total. The fraction of sp³-hybridized carbons (Fsp3) is 0.267. The molecule has 1 aliphatic heterocycles. The molecule has 0 atom stereocenters. The van der Waals surface area contributed by atoms with Crippen LogP contribution in [0, 0.1) is 0 Å². The number of anilines is 1. The quantitative estimate of drug-likeness (QED) is 0.803. The van der Waals surface area contributed by atoms with Gasteiger partial charge in [0.1, 0.15) is 0 Å². The molecule has 2 aromatic rings. The van der Waals surface area contributed by atoms with Crippen molar-refractivity contribution in [2.45, 2.75) is 6.04 Å². The number of likely N-dealkylation sites (N-methyl/N-ethyl adjacent to an activating group) is 1. The van der Waals surface area contributed by atoms with Crippen LogP contribution < -0.4 is 10.6 Å². The van der Waals surface area contributed by atoms with E-state index >= 15 is 0 Å². The molecule has 0 unspecified atom stereocenters. The maximum absolute atomic E-state index is 11.5. The number of nitrogens with zero attached hydrogens (tertiary/aromatic N) is 3. The van der Waals surface area contributed by atoms with Gasteiger partial charge < -0.3 is 20.5 Å². The van der Waals surface area contributed by atoms with Crippen molar-refractivity contribution in [1.82, 2.24) is 14.9 Å². The minimum atomic E-state index is -0.562. The zero-order valence-electron chi connectivity index (χ0n) is 12.2. The van der Waals surface area contributed by atoms with Gasteiger partial charge in [-0.3, -0.25) is 9.59 Å². The lowest BCUT2D eigenvalue weighted by molar-refractivity contribution is -0.130. The molecule has 7 heteroatoms. The molecule has 2 aromatic heterocycles. The first-order valence-electron chi connectivity index (χ1n) is 6.93. The van der Waals surface area contributed by atoms with Crippen molar-refractivity contribution in [2.24, 2.45) is 5.73 Å². The van der Waals surface area contributed by atoms with Crippen LogP contribution in [-0.4, -0.2) is 52.9 Å². The van der Waals surface area contributed by atoms with Gasteiger partial charge in [-0.15, -0.1) is 0 Å². The molecule has 1 aliphatic rings. The number of nitrogens with two attached hydrogens (primary N) is 1. The first kappa shape index (κ1) is 14.1. The van der Waals surface area contributed by atoms with E-state index in [9.17, 15) is 9.59 Å². The van der Waals surface area contributed by atoms with Gasteiger partial charge in [-0.25, -0.2) is 4.98 Å². The topological polar surface area (TPSA) is 95.3 Å². The highest BCUT2D eigenvalue weighted by Crippen LogP contribution is 2.29. The van der Waals surface area contributed by atoms with Gasteiger partial charge >= 0.3 is 0 Å². The Kier molecular flexibility index (Phi) is 3.32. The minimum absolute atomic E-state index is 0.0568. The van der Waals surface area contributed by atoms with Crippen LogP contribution in [0.5, 0.6) is 0 Å². The summed E-state index contributed by atoms with van der Waals surface area (Å²) in [6, 6.07) is 2.10. The van der Waals surface area contributed by atoms with Gasteiger partial charge in [-0.05, 0) is 12.1 Å². The van der Waals surface area contributed by atoms with E-state index in [0.29, 0.717) is 18.6 Å². The zero-order chi connectivity index (χ0) is 15.9. The lowest BCUT2D eigenvalue weighted by Crippen LogP contribution is -2.60. The van der Waals surface area contributed by atoms with Crippen LogP contribution in [0.4, 0.5) is 5.69 Å². The first-order valence-corrected chi connectivity index (χ1v) is 6.93. The minimum Gasteiger partial charge on any atom is -0.366 e. The number of carbonyl (C=O) groups is 2. The van der Waals surface area contributed by atoms with E-state index < -0.39 is 5.91 Å². The number of primary amides is 1. The Hall–Kier alpha value is -2.83. The van der Waals surface area contributed by atoms with E-state index in [0.717, 1.165) is 11.1 Å². The fourth-order valence-electron chi connectivity index (χ4n) is 2.71. The Morgan fingerprint density at radius 3 is 2.91 bits per heavy atom. The summed E-state index contributed by atoms with van der Waals surface area (Å²) in [6.45, 7) is 4.78. The monoisotopic (exact) mass is 299 g/mol. The van der Waals surface area contributed by atoms with Gasteiger partial charge in [-0.1, -0.05) is 6.58 Å². The molecule has 0 saturated carbocycles. The Bertz CT molecular complexity index is 760. The third kappa shape index (κ3) is 2.11. The Morgan fingerprint density at radius 1 is 1.55 bits per heavy atom. The molecular weight excluding hydrogens is 282 g/mol. The molecule has 22 heavy (non-hydrogen) atoms. The lowest BCUT2D eigenvalue weighted by atomic mass is 10.1. The summed E-state index contributed by atoms with van der Waals surface area (Å²) in [5, 5.41) is 0.889. The number of rotatable bonds is 4. The predicted molar refractivity (Wildman–Crippen MR) is 83.6 cm³/mol. The number of hydrogen-bond donors (Lipinski definition) is 2. The Labute approximate surface area is 127 Å². The smallest absolute Gasteiger partial charge is 0.269 e.